The Labute approximate surface area is 117 Å². The van der Waals surface area contributed by atoms with Crippen LogP contribution >= 0.6 is 0 Å². The first-order chi connectivity index (χ1) is 9.23. The first-order valence-corrected chi connectivity index (χ1v) is 7.60. The molecule has 4 heteroatoms. The summed E-state index contributed by atoms with van der Waals surface area (Å²) in [6.07, 6.45) is 2.49. The summed E-state index contributed by atoms with van der Waals surface area (Å²) in [7, 11) is 0. The lowest BCUT2D eigenvalue weighted by molar-refractivity contribution is 0.202. The summed E-state index contributed by atoms with van der Waals surface area (Å²) in [6.45, 7) is 13.7. The smallest absolute Gasteiger partial charge is 0.151 e. The summed E-state index contributed by atoms with van der Waals surface area (Å²) in [4.78, 5) is 2.44. The zero-order valence-electron chi connectivity index (χ0n) is 12.9. The van der Waals surface area contributed by atoms with Gasteiger partial charge in [-0.25, -0.2) is 0 Å². The first kappa shape index (κ1) is 16.2. The van der Waals surface area contributed by atoms with Gasteiger partial charge in [-0.15, -0.1) is 0 Å². The van der Waals surface area contributed by atoms with Gasteiger partial charge in [0, 0.05) is 19.2 Å². The van der Waals surface area contributed by atoms with Crippen molar-refractivity contribution in [3.63, 3.8) is 0 Å². The van der Waals surface area contributed by atoms with Gasteiger partial charge in [0.1, 0.15) is 0 Å². The molecule has 1 rings (SSSR count). The van der Waals surface area contributed by atoms with Crippen LogP contribution in [0.3, 0.4) is 0 Å². The van der Waals surface area contributed by atoms with Crippen LogP contribution in [0, 0.1) is 5.92 Å². The summed E-state index contributed by atoms with van der Waals surface area (Å²) in [6, 6.07) is 2.07. The third-order valence-corrected chi connectivity index (χ3v) is 3.66. The molecule has 1 aromatic rings. The van der Waals surface area contributed by atoms with Crippen molar-refractivity contribution in [3.8, 4) is 0 Å². The largest absolute Gasteiger partial charge is 0.360 e. The molecule has 0 unspecified atom stereocenters. The molecule has 0 radical (unpaired) electrons. The lowest BCUT2D eigenvalue weighted by Gasteiger charge is -2.23. The lowest BCUT2D eigenvalue weighted by atomic mass is 10.0. The number of nitrogens with one attached hydrogen (secondary N) is 1. The standard InChI is InChI=1S/C15H29N3O/c1-5-13(6-2)11-18(8-4)12-15-9-14(17-19-15)10-16-7-3/h9,13,16H,5-8,10-12H2,1-4H3. The third kappa shape index (κ3) is 5.74. The van der Waals surface area contributed by atoms with Gasteiger partial charge in [0.25, 0.3) is 0 Å². The average molecular weight is 267 g/mol. The second-order valence-corrected chi connectivity index (χ2v) is 5.08. The van der Waals surface area contributed by atoms with Crippen LogP contribution in [0.2, 0.25) is 0 Å². The van der Waals surface area contributed by atoms with E-state index < -0.39 is 0 Å². The summed E-state index contributed by atoms with van der Waals surface area (Å²) in [5, 5.41) is 7.36. The predicted molar refractivity (Wildman–Crippen MR) is 78.9 cm³/mol. The van der Waals surface area contributed by atoms with E-state index >= 15 is 0 Å². The molecule has 0 aromatic carbocycles. The Morgan fingerprint density at radius 1 is 1.26 bits per heavy atom. The third-order valence-electron chi connectivity index (χ3n) is 3.66. The van der Waals surface area contributed by atoms with Crippen molar-refractivity contribution in [2.45, 2.75) is 53.6 Å². The molecule has 110 valence electrons. The van der Waals surface area contributed by atoms with Gasteiger partial charge in [0.05, 0.1) is 12.2 Å². The van der Waals surface area contributed by atoms with E-state index in [0.29, 0.717) is 0 Å². The van der Waals surface area contributed by atoms with Gasteiger partial charge in [-0.3, -0.25) is 4.90 Å². The number of aromatic nitrogens is 1. The molecule has 1 N–H and O–H groups in total. The Morgan fingerprint density at radius 3 is 2.58 bits per heavy atom. The highest BCUT2D eigenvalue weighted by Crippen LogP contribution is 2.13. The molecule has 0 spiro atoms. The fraction of sp³-hybridized carbons (Fsp3) is 0.800. The minimum Gasteiger partial charge on any atom is -0.360 e. The van der Waals surface area contributed by atoms with Crippen molar-refractivity contribution in [1.29, 1.82) is 0 Å². The van der Waals surface area contributed by atoms with E-state index in [1.165, 1.54) is 12.8 Å². The van der Waals surface area contributed by atoms with Crippen LogP contribution in [-0.4, -0.2) is 29.7 Å². The highest BCUT2D eigenvalue weighted by molar-refractivity contribution is 5.05. The molecule has 1 heterocycles. The highest BCUT2D eigenvalue weighted by Gasteiger charge is 2.13. The Bertz CT molecular complexity index is 334. The van der Waals surface area contributed by atoms with Gasteiger partial charge >= 0.3 is 0 Å². The van der Waals surface area contributed by atoms with E-state index in [2.05, 4.69) is 49.1 Å². The minimum atomic E-state index is 0.782. The van der Waals surface area contributed by atoms with Gasteiger partial charge in [-0.2, -0.15) is 0 Å². The molecule has 0 fully saturated rings. The molecule has 0 saturated carbocycles. The van der Waals surface area contributed by atoms with E-state index in [1.54, 1.807) is 0 Å². The summed E-state index contributed by atoms with van der Waals surface area (Å²) < 4.78 is 5.41. The number of hydrogen-bond acceptors (Lipinski definition) is 4. The van der Waals surface area contributed by atoms with Crippen LogP contribution in [0.4, 0.5) is 0 Å². The van der Waals surface area contributed by atoms with Gasteiger partial charge < -0.3 is 9.84 Å². The molecule has 0 aliphatic carbocycles. The maximum atomic E-state index is 5.41. The second-order valence-electron chi connectivity index (χ2n) is 5.08. The summed E-state index contributed by atoms with van der Waals surface area (Å²) >= 11 is 0. The Balaban J connectivity index is 2.48. The molecule has 0 aliphatic rings. The van der Waals surface area contributed by atoms with Gasteiger partial charge in [-0.1, -0.05) is 45.7 Å². The molecular weight excluding hydrogens is 238 g/mol. The fourth-order valence-electron chi connectivity index (χ4n) is 2.20. The molecule has 4 nitrogen and oxygen atoms in total. The molecule has 0 bridgehead atoms. The summed E-state index contributed by atoms with van der Waals surface area (Å²) in [5.41, 5.74) is 0.996. The van der Waals surface area contributed by atoms with Crippen LogP contribution in [0.25, 0.3) is 0 Å². The normalized spacial score (nSPS) is 11.7. The Hall–Kier alpha value is -0.870. The van der Waals surface area contributed by atoms with Crippen LogP contribution < -0.4 is 5.32 Å². The van der Waals surface area contributed by atoms with E-state index in [1.807, 2.05) is 0 Å². The molecular formula is C15H29N3O. The maximum absolute atomic E-state index is 5.41. The molecule has 19 heavy (non-hydrogen) atoms. The Kier molecular flexibility index (Phi) is 7.75. The molecule has 1 aromatic heterocycles. The SMILES string of the molecule is CCNCc1cc(CN(CC)CC(CC)CC)on1. The van der Waals surface area contributed by atoms with Crippen molar-refractivity contribution < 1.29 is 4.52 Å². The maximum Gasteiger partial charge on any atom is 0.151 e. The highest BCUT2D eigenvalue weighted by atomic mass is 16.5. The monoisotopic (exact) mass is 267 g/mol. The van der Waals surface area contributed by atoms with Crippen LogP contribution in [0.15, 0.2) is 10.6 Å². The minimum absolute atomic E-state index is 0.782. The predicted octanol–water partition coefficient (Wildman–Crippen LogP) is 3.04. The lowest BCUT2D eigenvalue weighted by Crippen LogP contribution is -2.28. The average Bonchev–Trinajstić information content (AvgIpc) is 2.88. The van der Waals surface area contributed by atoms with E-state index in [9.17, 15) is 0 Å². The van der Waals surface area contributed by atoms with E-state index in [-0.39, 0.29) is 0 Å². The fourth-order valence-corrected chi connectivity index (χ4v) is 2.20. The van der Waals surface area contributed by atoms with Gasteiger partial charge in [0.2, 0.25) is 0 Å². The molecule has 0 amide bonds. The van der Waals surface area contributed by atoms with Gasteiger partial charge in [0.15, 0.2) is 5.76 Å². The van der Waals surface area contributed by atoms with Crippen molar-refractivity contribution in [3.05, 3.63) is 17.5 Å². The second kappa shape index (κ2) is 9.10. The van der Waals surface area contributed by atoms with Crippen LogP contribution in [-0.2, 0) is 13.1 Å². The zero-order chi connectivity index (χ0) is 14.1. The Morgan fingerprint density at radius 2 is 2.00 bits per heavy atom. The van der Waals surface area contributed by atoms with E-state index in [0.717, 1.165) is 50.1 Å². The zero-order valence-corrected chi connectivity index (χ0v) is 12.9. The number of hydrogen-bond donors (Lipinski definition) is 1. The quantitative estimate of drug-likeness (QED) is 0.707. The number of nitrogens with zero attached hydrogens (tertiary/aromatic N) is 2. The topological polar surface area (TPSA) is 41.3 Å². The van der Waals surface area contributed by atoms with Crippen molar-refractivity contribution in [2.75, 3.05) is 19.6 Å². The number of rotatable bonds is 10. The van der Waals surface area contributed by atoms with Crippen molar-refractivity contribution in [1.82, 2.24) is 15.4 Å². The van der Waals surface area contributed by atoms with Gasteiger partial charge in [-0.05, 0) is 19.0 Å². The first-order valence-electron chi connectivity index (χ1n) is 7.60. The van der Waals surface area contributed by atoms with Crippen LogP contribution in [0.1, 0.15) is 52.0 Å². The molecule has 0 atom stereocenters. The molecule has 0 aliphatic heterocycles. The summed E-state index contributed by atoms with van der Waals surface area (Å²) in [5.74, 6) is 1.75. The van der Waals surface area contributed by atoms with Crippen molar-refractivity contribution >= 4 is 0 Å². The van der Waals surface area contributed by atoms with Crippen LogP contribution in [0.5, 0.6) is 0 Å². The van der Waals surface area contributed by atoms with E-state index in [4.69, 9.17) is 4.52 Å². The molecule has 0 saturated heterocycles. The van der Waals surface area contributed by atoms with Crippen molar-refractivity contribution in [2.24, 2.45) is 5.92 Å².